The number of benzene rings is 2. The Morgan fingerprint density at radius 2 is 1.90 bits per heavy atom. The van der Waals surface area contributed by atoms with Crippen molar-refractivity contribution in [3.63, 3.8) is 0 Å². The van der Waals surface area contributed by atoms with Crippen molar-refractivity contribution in [1.82, 2.24) is 0 Å². The van der Waals surface area contributed by atoms with Crippen molar-refractivity contribution >= 4 is 28.5 Å². The molecule has 0 atom stereocenters. The third kappa shape index (κ3) is 3.01. The fourth-order valence-electron chi connectivity index (χ4n) is 1.98. The fraction of sp³-hybridized carbons (Fsp3) is 0.0625. The number of aromatic carboxylic acids is 1. The zero-order valence-electron chi connectivity index (χ0n) is 10.9. The molecule has 0 radical (unpaired) electrons. The van der Waals surface area contributed by atoms with E-state index in [4.69, 9.17) is 25.9 Å². The maximum Gasteiger partial charge on any atom is 0.335 e. The number of ether oxygens (including phenoxy) is 1. The van der Waals surface area contributed by atoms with Gasteiger partial charge in [-0.1, -0.05) is 17.7 Å². The van der Waals surface area contributed by atoms with Crippen molar-refractivity contribution < 1.29 is 19.1 Å². The van der Waals surface area contributed by atoms with Gasteiger partial charge in [-0.2, -0.15) is 0 Å². The minimum Gasteiger partial charge on any atom is -0.486 e. The first-order valence-electron chi connectivity index (χ1n) is 6.26. The van der Waals surface area contributed by atoms with Gasteiger partial charge in [0.25, 0.3) is 0 Å². The van der Waals surface area contributed by atoms with Crippen molar-refractivity contribution in [2.45, 2.75) is 6.61 Å². The minimum atomic E-state index is -0.979. The van der Waals surface area contributed by atoms with Crippen molar-refractivity contribution in [2.24, 2.45) is 0 Å². The third-order valence-corrected chi connectivity index (χ3v) is 3.26. The molecule has 1 N–H and O–H groups in total. The Hall–Kier alpha value is -2.46. The van der Waals surface area contributed by atoms with Crippen LogP contribution in [0.4, 0.5) is 0 Å². The number of halogens is 1. The second-order valence-electron chi connectivity index (χ2n) is 4.51. The molecule has 0 bridgehead atoms. The summed E-state index contributed by atoms with van der Waals surface area (Å²) < 4.78 is 11.2. The van der Waals surface area contributed by atoms with Crippen LogP contribution in [0.1, 0.15) is 16.1 Å². The Balaban J connectivity index is 1.78. The zero-order chi connectivity index (χ0) is 14.8. The Morgan fingerprint density at radius 3 is 2.62 bits per heavy atom. The van der Waals surface area contributed by atoms with E-state index in [1.807, 2.05) is 6.07 Å². The largest absolute Gasteiger partial charge is 0.486 e. The van der Waals surface area contributed by atoms with Crippen LogP contribution in [-0.2, 0) is 6.61 Å². The van der Waals surface area contributed by atoms with Gasteiger partial charge in [0, 0.05) is 10.4 Å². The molecule has 21 heavy (non-hydrogen) atoms. The molecule has 0 aliphatic heterocycles. The van der Waals surface area contributed by atoms with Gasteiger partial charge in [-0.25, -0.2) is 4.79 Å². The van der Waals surface area contributed by atoms with E-state index in [9.17, 15) is 4.79 Å². The molecule has 3 aromatic rings. The first-order valence-corrected chi connectivity index (χ1v) is 6.64. The second-order valence-corrected chi connectivity index (χ2v) is 4.95. The highest BCUT2D eigenvalue weighted by molar-refractivity contribution is 6.30. The normalized spacial score (nSPS) is 10.7. The SMILES string of the molecule is O=C(O)c1ccc2cc(COc3ccc(Cl)cc3)oc2c1. The average Bonchev–Trinajstić information content (AvgIpc) is 2.88. The Morgan fingerprint density at radius 1 is 1.14 bits per heavy atom. The van der Waals surface area contributed by atoms with E-state index in [1.165, 1.54) is 6.07 Å². The van der Waals surface area contributed by atoms with Gasteiger partial charge in [0.05, 0.1) is 5.56 Å². The van der Waals surface area contributed by atoms with Crippen LogP contribution in [0.25, 0.3) is 11.0 Å². The monoisotopic (exact) mass is 302 g/mol. The summed E-state index contributed by atoms with van der Waals surface area (Å²) in [6.07, 6.45) is 0. The molecule has 0 unspecified atom stereocenters. The minimum absolute atomic E-state index is 0.196. The maximum atomic E-state index is 10.9. The van der Waals surface area contributed by atoms with Crippen LogP contribution >= 0.6 is 11.6 Å². The van der Waals surface area contributed by atoms with E-state index < -0.39 is 5.97 Å². The summed E-state index contributed by atoms with van der Waals surface area (Å²) in [4.78, 5) is 10.9. The van der Waals surface area contributed by atoms with Crippen LogP contribution in [0, 0.1) is 0 Å². The molecular weight excluding hydrogens is 292 g/mol. The van der Waals surface area contributed by atoms with Crippen LogP contribution in [0.3, 0.4) is 0 Å². The van der Waals surface area contributed by atoms with Crippen LogP contribution in [0.5, 0.6) is 5.75 Å². The van der Waals surface area contributed by atoms with E-state index in [0.29, 0.717) is 22.1 Å². The lowest BCUT2D eigenvalue weighted by Gasteiger charge is -2.03. The smallest absolute Gasteiger partial charge is 0.335 e. The van der Waals surface area contributed by atoms with Crippen LogP contribution in [0.2, 0.25) is 5.02 Å². The number of carboxylic acid groups (broad SMARTS) is 1. The summed E-state index contributed by atoms with van der Waals surface area (Å²) in [6, 6.07) is 13.6. The number of fused-ring (bicyclic) bond motifs is 1. The molecule has 0 saturated carbocycles. The van der Waals surface area contributed by atoms with Crippen molar-refractivity contribution in [3.8, 4) is 5.75 Å². The molecule has 0 amide bonds. The lowest BCUT2D eigenvalue weighted by atomic mass is 10.2. The first kappa shape index (κ1) is 13.5. The van der Waals surface area contributed by atoms with E-state index in [0.717, 1.165) is 5.39 Å². The van der Waals surface area contributed by atoms with Gasteiger partial charge >= 0.3 is 5.97 Å². The highest BCUT2D eigenvalue weighted by atomic mass is 35.5. The van der Waals surface area contributed by atoms with Gasteiger partial charge < -0.3 is 14.3 Å². The van der Waals surface area contributed by atoms with Crippen LogP contribution in [-0.4, -0.2) is 11.1 Å². The quantitative estimate of drug-likeness (QED) is 0.777. The van der Waals surface area contributed by atoms with Gasteiger partial charge in [-0.05, 0) is 42.5 Å². The first-order chi connectivity index (χ1) is 10.1. The number of furan rings is 1. The topological polar surface area (TPSA) is 59.7 Å². The number of carboxylic acids is 1. The van der Waals surface area contributed by atoms with Gasteiger partial charge in [-0.3, -0.25) is 0 Å². The standard InChI is InChI=1S/C16H11ClO4/c17-12-3-5-13(6-4-12)20-9-14-7-10-1-2-11(16(18)19)8-15(10)21-14/h1-8H,9H2,(H,18,19). The Kier molecular flexibility index (Phi) is 3.54. The summed E-state index contributed by atoms with van der Waals surface area (Å²) >= 11 is 5.80. The van der Waals surface area contributed by atoms with E-state index in [-0.39, 0.29) is 12.2 Å². The maximum absolute atomic E-state index is 10.9. The lowest BCUT2D eigenvalue weighted by Crippen LogP contribution is -1.94. The molecule has 0 aliphatic rings. The molecule has 4 nitrogen and oxygen atoms in total. The highest BCUT2D eigenvalue weighted by Gasteiger charge is 2.08. The lowest BCUT2D eigenvalue weighted by molar-refractivity contribution is 0.0697. The van der Waals surface area contributed by atoms with Crippen LogP contribution < -0.4 is 4.74 Å². The second kappa shape index (κ2) is 5.50. The van der Waals surface area contributed by atoms with Crippen molar-refractivity contribution in [3.05, 3.63) is 64.9 Å². The summed E-state index contributed by atoms with van der Waals surface area (Å²) in [5.74, 6) is 0.334. The molecule has 2 aromatic carbocycles. The molecule has 5 heteroatoms. The number of hydrogen-bond donors (Lipinski definition) is 1. The number of carbonyl (C=O) groups is 1. The highest BCUT2D eigenvalue weighted by Crippen LogP contribution is 2.23. The molecule has 0 fully saturated rings. The van der Waals surface area contributed by atoms with Gasteiger partial charge in [-0.15, -0.1) is 0 Å². The van der Waals surface area contributed by atoms with E-state index in [2.05, 4.69) is 0 Å². The molecule has 1 aromatic heterocycles. The van der Waals surface area contributed by atoms with Gasteiger partial charge in [0.2, 0.25) is 0 Å². The van der Waals surface area contributed by atoms with E-state index >= 15 is 0 Å². The molecule has 1 heterocycles. The number of rotatable bonds is 4. The summed E-state index contributed by atoms with van der Waals surface area (Å²) in [7, 11) is 0. The Bertz CT molecular complexity index is 790. The molecule has 3 rings (SSSR count). The van der Waals surface area contributed by atoms with E-state index in [1.54, 1.807) is 36.4 Å². The molecule has 106 valence electrons. The van der Waals surface area contributed by atoms with Crippen molar-refractivity contribution in [2.75, 3.05) is 0 Å². The van der Waals surface area contributed by atoms with Crippen LogP contribution in [0.15, 0.2) is 52.9 Å². The molecule has 0 aliphatic carbocycles. The Labute approximate surface area is 125 Å². The third-order valence-electron chi connectivity index (χ3n) is 3.01. The predicted molar refractivity (Wildman–Crippen MR) is 79.0 cm³/mol. The number of hydrogen-bond acceptors (Lipinski definition) is 3. The molecule has 0 spiro atoms. The summed E-state index contributed by atoms with van der Waals surface area (Å²) in [5.41, 5.74) is 0.728. The predicted octanol–water partition coefficient (Wildman–Crippen LogP) is 4.36. The van der Waals surface area contributed by atoms with Gasteiger partial charge in [0.1, 0.15) is 23.7 Å². The molecular formula is C16H11ClO4. The fourth-order valence-corrected chi connectivity index (χ4v) is 2.10. The summed E-state index contributed by atoms with van der Waals surface area (Å²) in [5, 5.41) is 10.4. The summed E-state index contributed by atoms with van der Waals surface area (Å²) in [6.45, 7) is 0.263. The zero-order valence-corrected chi connectivity index (χ0v) is 11.6. The van der Waals surface area contributed by atoms with Crippen molar-refractivity contribution in [1.29, 1.82) is 0 Å². The average molecular weight is 303 g/mol. The van der Waals surface area contributed by atoms with Gasteiger partial charge in [0.15, 0.2) is 0 Å². The molecule has 0 saturated heterocycles.